The van der Waals surface area contributed by atoms with Gasteiger partial charge in [-0.25, -0.2) is 0 Å². The molecule has 2 amide bonds. The summed E-state index contributed by atoms with van der Waals surface area (Å²) in [6.07, 6.45) is 6.99. The summed E-state index contributed by atoms with van der Waals surface area (Å²) in [6, 6.07) is 7.38. The van der Waals surface area contributed by atoms with E-state index in [2.05, 4.69) is 5.32 Å². The molecule has 31 heavy (non-hydrogen) atoms. The number of likely N-dealkylation sites (N-methyl/N-ethyl adjacent to an activating group) is 1. The Hall–Kier alpha value is -2.04. The summed E-state index contributed by atoms with van der Waals surface area (Å²) in [4.78, 5) is 28.5. The summed E-state index contributed by atoms with van der Waals surface area (Å²) in [6.45, 7) is 7.16. The van der Waals surface area contributed by atoms with Gasteiger partial charge in [-0.1, -0.05) is 26.0 Å². The van der Waals surface area contributed by atoms with E-state index in [-0.39, 0.29) is 23.1 Å². The van der Waals surface area contributed by atoms with Crippen molar-refractivity contribution in [3.05, 3.63) is 29.8 Å². The van der Waals surface area contributed by atoms with Crippen molar-refractivity contribution in [1.82, 2.24) is 10.2 Å². The molecule has 4 saturated carbocycles. The second-order valence-electron chi connectivity index (χ2n) is 10.7. The number of hydrogen-bond donors (Lipinski definition) is 1. The molecule has 1 aromatic rings. The van der Waals surface area contributed by atoms with Gasteiger partial charge in [0, 0.05) is 19.0 Å². The van der Waals surface area contributed by atoms with E-state index in [1.165, 1.54) is 19.3 Å². The Morgan fingerprint density at radius 1 is 1.06 bits per heavy atom. The molecule has 170 valence electrons. The van der Waals surface area contributed by atoms with Crippen LogP contribution >= 0.6 is 0 Å². The number of carbonyl (C=O) groups is 2. The van der Waals surface area contributed by atoms with Crippen molar-refractivity contribution in [2.75, 3.05) is 13.7 Å². The third kappa shape index (κ3) is 4.61. The van der Waals surface area contributed by atoms with Gasteiger partial charge in [0.25, 0.3) is 0 Å². The zero-order valence-corrected chi connectivity index (χ0v) is 19.5. The Bertz CT molecular complexity index is 766. The molecule has 1 aromatic carbocycles. The Morgan fingerprint density at radius 2 is 1.61 bits per heavy atom. The first-order chi connectivity index (χ1) is 14.8. The predicted octanol–water partition coefficient (Wildman–Crippen LogP) is 4.40. The van der Waals surface area contributed by atoms with Crippen molar-refractivity contribution >= 4 is 11.8 Å². The molecule has 0 saturated heterocycles. The van der Waals surface area contributed by atoms with Gasteiger partial charge < -0.3 is 15.0 Å². The first-order valence-electron chi connectivity index (χ1n) is 12.1. The lowest BCUT2D eigenvalue weighted by atomic mass is 9.49. The van der Waals surface area contributed by atoms with Crippen LogP contribution in [0.25, 0.3) is 0 Å². The fraction of sp³-hybridized carbons (Fsp3) is 0.692. The molecule has 1 N–H and O–H groups in total. The highest BCUT2D eigenvalue weighted by Crippen LogP contribution is 2.60. The average Bonchev–Trinajstić information content (AvgIpc) is 2.71. The minimum atomic E-state index is -0.479. The fourth-order valence-electron chi connectivity index (χ4n) is 6.64. The molecular formula is C26H38N2O3. The average molecular weight is 427 g/mol. The van der Waals surface area contributed by atoms with Gasteiger partial charge in [0.2, 0.25) is 11.8 Å². The smallest absolute Gasteiger partial charge is 0.245 e. The molecule has 0 heterocycles. The standard InChI is InChI=1S/C26H38N2O3/c1-5-31-22-8-6-18(7-9-22)16-28(4)24(29)23(17(2)3)27-25(30)26-13-19-10-20(14-26)12-21(11-19)15-26/h6-9,17,19-21,23H,5,10-16H2,1-4H3,(H,27,30). The zero-order chi connectivity index (χ0) is 22.2. The van der Waals surface area contributed by atoms with Crippen LogP contribution in [-0.4, -0.2) is 36.4 Å². The van der Waals surface area contributed by atoms with E-state index in [9.17, 15) is 9.59 Å². The molecule has 4 fully saturated rings. The Kier molecular flexibility index (Phi) is 6.32. The number of amides is 2. The first kappa shape index (κ1) is 22.2. The van der Waals surface area contributed by atoms with Crippen molar-refractivity contribution in [3.8, 4) is 5.75 Å². The van der Waals surface area contributed by atoms with Crippen LogP contribution in [0.1, 0.15) is 64.9 Å². The van der Waals surface area contributed by atoms with Crippen LogP contribution in [0.2, 0.25) is 0 Å². The second-order valence-corrected chi connectivity index (χ2v) is 10.7. The van der Waals surface area contributed by atoms with E-state index in [1.54, 1.807) is 4.90 Å². The normalized spacial score (nSPS) is 29.6. The van der Waals surface area contributed by atoms with E-state index in [4.69, 9.17) is 4.74 Å². The number of rotatable bonds is 8. The zero-order valence-electron chi connectivity index (χ0n) is 19.5. The first-order valence-corrected chi connectivity index (χ1v) is 12.1. The Labute approximate surface area is 186 Å². The van der Waals surface area contributed by atoms with Crippen molar-refractivity contribution in [1.29, 1.82) is 0 Å². The summed E-state index contributed by atoms with van der Waals surface area (Å²) in [5, 5.41) is 3.22. The van der Waals surface area contributed by atoms with Crippen LogP contribution in [-0.2, 0) is 16.1 Å². The van der Waals surface area contributed by atoms with Crippen LogP contribution in [0.15, 0.2) is 24.3 Å². The Morgan fingerprint density at radius 3 is 2.10 bits per heavy atom. The molecule has 5 nitrogen and oxygen atoms in total. The molecule has 1 atom stereocenters. The summed E-state index contributed by atoms with van der Waals surface area (Å²) in [7, 11) is 1.82. The molecule has 0 aliphatic heterocycles. The van der Waals surface area contributed by atoms with Gasteiger partial charge in [0.05, 0.1) is 6.61 Å². The molecule has 5 rings (SSSR count). The van der Waals surface area contributed by atoms with Crippen LogP contribution in [0, 0.1) is 29.1 Å². The third-order valence-corrected chi connectivity index (χ3v) is 7.77. The molecule has 4 aliphatic rings. The number of nitrogens with zero attached hydrogens (tertiary/aromatic N) is 1. The number of carbonyl (C=O) groups excluding carboxylic acids is 2. The van der Waals surface area contributed by atoms with Crippen LogP contribution in [0.5, 0.6) is 5.75 Å². The van der Waals surface area contributed by atoms with Gasteiger partial charge in [0.15, 0.2) is 0 Å². The van der Waals surface area contributed by atoms with E-state index in [0.29, 0.717) is 30.9 Å². The van der Waals surface area contributed by atoms with E-state index in [0.717, 1.165) is 30.6 Å². The maximum Gasteiger partial charge on any atom is 0.245 e. The van der Waals surface area contributed by atoms with Gasteiger partial charge in [-0.15, -0.1) is 0 Å². The monoisotopic (exact) mass is 426 g/mol. The Balaban J connectivity index is 1.41. The predicted molar refractivity (Wildman–Crippen MR) is 121 cm³/mol. The maximum atomic E-state index is 13.5. The molecule has 4 aliphatic carbocycles. The molecule has 0 aromatic heterocycles. The van der Waals surface area contributed by atoms with Gasteiger partial charge in [0.1, 0.15) is 11.8 Å². The van der Waals surface area contributed by atoms with Crippen molar-refractivity contribution < 1.29 is 14.3 Å². The number of ether oxygens (including phenoxy) is 1. The van der Waals surface area contributed by atoms with Gasteiger partial charge in [-0.05, 0) is 86.8 Å². The molecule has 0 radical (unpaired) electrons. The number of nitrogens with one attached hydrogen (secondary N) is 1. The molecule has 0 spiro atoms. The lowest BCUT2D eigenvalue weighted by Gasteiger charge is -2.56. The molecule has 4 bridgehead atoms. The van der Waals surface area contributed by atoms with Crippen molar-refractivity contribution in [2.24, 2.45) is 29.1 Å². The van der Waals surface area contributed by atoms with Crippen LogP contribution in [0.4, 0.5) is 0 Å². The SMILES string of the molecule is CCOc1ccc(CN(C)C(=O)C(NC(=O)C23CC4CC(CC(C4)C2)C3)C(C)C)cc1. The third-order valence-electron chi connectivity index (χ3n) is 7.77. The van der Waals surface area contributed by atoms with Crippen LogP contribution in [0.3, 0.4) is 0 Å². The highest BCUT2D eigenvalue weighted by atomic mass is 16.5. The fourth-order valence-corrected chi connectivity index (χ4v) is 6.64. The van der Waals surface area contributed by atoms with E-state index >= 15 is 0 Å². The van der Waals surface area contributed by atoms with Gasteiger partial charge in [-0.3, -0.25) is 9.59 Å². The second kappa shape index (κ2) is 8.84. The highest BCUT2D eigenvalue weighted by Gasteiger charge is 2.55. The summed E-state index contributed by atoms with van der Waals surface area (Å²) >= 11 is 0. The van der Waals surface area contributed by atoms with E-state index < -0.39 is 6.04 Å². The summed E-state index contributed by atoms with van der Waals surface area (Å²) in [5.41, 5.74) is 0.824. The minimum absolute atomic E-state index is 0.0121. The number of hydrogen-bond acceptors (Lipinski definition) is 3. The topological polar surface area (TPSA) is 58.6 Å². The van der Waals surface area contributed by atoms with Gasteiger partial charge in [-0.2, -0.15) is 0 Å². The van der Waals surface area contributed by atoms with E-state index in [1.807, 2.05) is 52.1 Å². The van der Waals surface area contributed by atoms with Crippen LogP contribution < -0.4 is 10.1 Å². The quantitative estimate of drug-likeness (QED) is 0.670. The van der Waals surface area contributed by atoms with Crippen molar-refractivity contribution in [2.45, 2.75) is 71.9 Å². The number of benzene rings is 1. The largest absolute Gasteiger partial charge is 0.494 e. The molecule has 1 unspecified atom stereocenters. The summed E-state index contributed by atoms with van der Waals surface area (Å²) in [5.74, 6) is 3.15. The lowest BCUT2D eigenvalue weighted by Crippen LogP contribution is -2.58. The van der Waals surface area contributed by atoms with Crippen molar-refractivity contribution in [3.63, 3.8) is 0 Å². The summed E-state index contributed by atoms with van der Waals surface area (Å²) < 4.78 is 5.50. The maximum absolute atomic E-state index is 13.5. The minimum Gasteiger partial charge on any atom is -0.494 e. The lowest BCUT2D eigenvalue weighted by molar-refractivity contribution is -0.150. The highest BCUT2D eigenvalue weighted by molar-refractivity contribution is 5.90. The molecular weight excluding hydrogens is 388 g/mol. The molecule has 5 heteroatoms. The van der Waals surface area contributed by atoms with Gasteiger partial charge >= 0.3 is 0 Å².